The zero-order valence-corrected chi connectivity index (χ0v) is 11.1. The fraction of sp³-hybridized carbons (Fsp3) is 0.286. The molecule has 1 aliphatic heterocycles. The molecule has 0 aliphatic carbocycles. The first-order valence-electron chi connectivity index (χ1n) is 6.45. The Bertz CT molecular complexity index is 635. The lowest BCUT2D eigenvalue weighted by atomic mass is 10.1. The van der Waals surface area contributed by atoms with Crippen LogP contribution in [0.15, 0.2) is 24.3 Å². The first kappa shape index (κ1) is 12.8. The molecule has 2 N–H and O–H groups in total. The summed E-state index contributed by atoms with van der Waals surface area (Å²) in [4.78, 5) is 14.3. The predicted octanol–water partition coefficient (Wildman–Crippen LogP) is 1.79. The van der Waals surface area contributed by atoms with Crippen molar-refractivity contribution in [3.8, 4) is 0 Å². The molecule has 2 aromatic rings. The standard InChI is InChI=1S/C14H15FN4O/c1-19-7-6-11-12(8-19)17-18-13(11)16-14(20)9-2-4-10(15)5-3-9/h2-5H,6-8H2,1H3,(H2,16,17,18,20). The molecule has 0 spiro atoms. The minimum atomic E-state index is -0.360. The molecule has 104 valence electrons. The number of H-pyrrole nitrogens is 1. The number of aromatic amines is 1. The quantitative estimate of drug-likeness (QED) is 0.877. The molecule has 0 radical (unpaired) electrons. The average Bonchev–Trinajstić information content (AvgIpc) is 2.81. The summed E-state index contributed by atoms with van der Waals surface area (Å²) in [6, 6.07) is 5.45. The minimum absolute atomic E-state index is 0.279. The van der Waals surface area contributed by atoms with Gasteiger partial charge in [0.1, 0.15) is 5.82 Å². The highest BCUT2D eigenvalue weighted by atomic mass is 19.1. The number of fused-ring (bicyclic) bond motifs is 1. The third-order valence-electron chi connectivity index (χ3n) is 3.46. The number of halogens is 1. The number of carbonyl (C=O) groups excluding carboxylic acids is 1. The van der Waals surface area contributed by atoms with Crippen LogP contribution < -0.4 is 5.32 Å². The average molecular weight is 274 g/mol. The highest BCUT2D eigenvalue weighted by Gasteiger charge is 2.21. The van der Waals surface area contributed by atoms with Gasteiger partial charge in [0.2, 0.25) is 0 Å². The van der Waals surface area contributed by atoms with Crippen molar-refractivity contribution in [3.05, 3.63) is 46.9 Å². The van der Waals surface area contributed by atoms with Crippen LogP contribution >= 0.6 is 0 Å². The molecule has 0 saturated carbocycles. The van der Waals surface area contributed by atoms with Crippen LogP contribution in [0.3, 0.4) is 0 Å². The van der Waals surface area contributed by atoms with Crippen molar-refractivity contribution in [2.45, 2.75) is 13.0 Å². The second kappa shape index (κ2) is 5.05. The van der Waals surface area contributed by atoms with E-state index in [1.54, 1.807) is 0 Å². The Morgan fingerprint density at radius 1 is 1.40 bits per heavy atom. The number of carbonyl (C=O) groups is 1. The van der Waals surface area contributed by atoms with Gasteiger partial charge in [-0.3, -0.25) is 9.89 Å². The number of hydrogen-bond donors (Lipinski definition) is 2. The van der Waals surface area contributed by atoms with Gasteiger partial charge < -0.3 is 10.2 Å². The highest BCUT2D eigenvalue weighted by molar-refractivity contribution is 6.04. The molecule has 0 bridgehead atoms. The minimum Gasteiger partial charge on any atom is -0.305 e. The van der Waals surface area contributed by atoms with Gasteiger partial charge in [0, 0.05) is 24.2 Å². The molecule has 0 unspecified atom stereocenters. The summed E-state index contributed by atoms with van der Waals surface area (Å²) < 4.78 is 12.8. The van der Waals surface area contributed by atoms with E-state index in [0.29, 0.717) is 11.4 Å². The van der Waals surface area contributed by atoms with E-state index in [2.05, 4.69) is 20.4 Å². The van der Waals surface area contributed by atoms with Gasteiger partial charge in [0.05, 0.1) is 5.69 Å². The molecule has 1 aliphatic rings. The molecule has 1 aromatic heterocycles. The van der Waals surface area contributed by atoms with E-state index in [1.807, 2.05) is 7.05 Å². The van der Waals surface area contributed by atoms with Crippen molar-refractivity contribution in [1.82, 2.24) is 15.1 Å². The number of hydrogen-bond acceptors (Lipinski definition) is 3. The lowest BCUT2D eigenvalue weighted by Gasteiger charge is -2.21. The van der Waals surface area contributed by atoms with Crippen molar-refractivity contribution < 1.29 is 9.18 Å². The van der Waals surface area contributed by atoms with Crippen molar-refractivity contribution in [2.75, 3.05) is 18.9 Å². The van der Waals surface area contributed by atoms with E-state index >= 15 is 0 Å². The van der Waals surface area contributed by atoms with Crippen LogP contribution in [-0.4, -0.2) is 34.6 Å². The monoisotopic (exact) mass is 274 g/mol. The lowest BCUT2D eigenvalue weighted by Crippen LogP contribution is -2.26. The third-order valence-corrected chi connectivity index (χ3v) is 3.46. The Morgan fingerprint density at radius 2 is 2.15 bits per heavy atom. The third kappa shape index (κ3) is 2.42. The molecule has 2 heterocycles. The topological polar surface area (TPSA) is 61.0 Å². The zero-order chi connectivity index (χ0) is 14.1. The van der Waals surface area contributed by atoms with Gasteiger partial charge in [-0.1, -0.05) is 0 Å². The van der Waals surface area contributed by atoms with E-state index in [4.69, 9.17) is 0 Å². The van der Waals surface area contributed by atoms with Crippen molar-refractivity contribution >= 4 is 11.7 Å². The van der Waals surface area contributed by atoms with E-state index in [-0.39, 0.29) is 11.7 Å². The first-order chi connectivity index (χ1) is 9.63. The predicted molar refractivity (Wildman–Crippen MR) is 73.0 cm³/mol. The lowest BCUT2D eigenvalue weighted by molar-refractivity contribution is 0.102. The molecule has 0 atom stereocenters. The Morgan fingerprint density at radius 3 is 2.90 bits per heavy atom. The van der Waals surface area contributed by atoms with Crippen molar-refractivity contribution in [2.24, 2.45) is 0 Å². The van der Waals surface area contributed by atoms with Gasteiger partial charge in [-0.25, -0.2) is 4.39 Å². The normalized spacial score (nSPS) is 14.9. The van der Waals surface area contributed by atoms with Gasteiger partial charge in [-0.05, 0) is 37.7 Å². The van der Waals surface area contributed by atoms with E-state index < -0.39 is 0 Å². The summed E-state index contributed by atoms with van der Waals surface area (Å²) in [5.74, 6) is -0.0672. The maximum atomic E-state index is 12.8. The highest BCUT2D eigenvalue weighted by Crippen LogP contribution is 2.23. The van der Waals surface area contributed by atoms with Crippen LogP contribution in [-0.2, 0) is 13.0 Å². The van der Waals surface area contributed by atoms with Crippen molar-refractivity contribution in [1.29, 1.82) is 0 Å². The van der Waals surface area contributed by atoms with Crippen LogP contribution in [0, 0.1) is 5.82 Å². The summed E-state index contributed by atoms with van der Waals surface area (Å²) >= 11 is 0. The summed E-state index contributed by atoms with van der Waals surface area (Å²) in [5.41, 5.74) is 2.50. The Kier molecular flexibility index (Phi) is 3.23. The number of rotatable bonds is 2. The number of aromatic nitrogens is 2. The Hall–Kier alpha value is -2.21. The van der Waals surface area contributed by atoms with E-state index in [0.717, 1.165) is 30.8 Å². The molecule has 1 amide bonds. The van der Waals surface area contributed by atoms with E-state index in [9.17, 15) is 9.18 Å². The summed E-state index contributed by atoms with van der Waals surface area (Å²) in [7, 11) is 2.04. The summed E-state index contributed by atoms with van der Waals surface area (Å²) in [6.07, 6.45) is 0.849. The number of benzene rings is 1. The molecule has 0 fully saturated rings. The second-order valence-corrected chi connectivity index (χ2v) is 4.98. The maximum absolute atomic E-state index is 12.8. The number of anilines is 1. The Labute approximate surface area is 115 Å². The van der Waals surface area contributed by atoms with Crippen molar-refractivity contribution in [3.63, 3.8) is 0 Å². The molecule has 20 heavy (non-hydrogen) atoms. The number of nitrogens with one attached hydrogen (secondary N) is 2. The molecular formula is C14H15FN4O. The number of nitrogens with zero attached hydrogens (tertiary/aromatic N) is 2. The molecule has 6 heteroatoms. The molecule has 0 saturated heterocycles. The SMILES string of the molecule is CN1CCc2c(NC(=O)c3ccc(F)cc3)n[nH]c2C1. The second-order valence-electron chi connectivity index (χ2n) is 4.98. The van der Waals surface area contributed by atoms with Gasteiger partial charge >= 0.3 is 0 Å². The fourth-order valence-corrected chi connectivity index (χ4v) is 2.34. The van der Waals surface area contributed by atoms with Gasteiger partial charge in [0.25, 0.3) is 5.91 Å². The largest absolute Gasteiger partial charge is 0.305 e. The van der Waals surface area contributed by atoms with Gasteiger partial charge in [0.15, 0.2) is 5.82 Å². The number of amides is 1. The van der Waals surface area contributed by atoms with Crippen LogP contribution in [0.4, 0.5) is 10.2 Å². The van der Waals surface area contributed by atoms with E-state index in [1.165, 1.54) is 24.3 Å². The smallest absolute Gasteiger partial charge is 0.256 e. The van der Waals surface area contributed by atoms with Gasteiger partial charge in [-0.2, -0.15) is 5.10 Å². The van der Waals surface area contributed by atoms with Crippen LogP contribution in [0.1, 0.15) is 21.6 Å². The Balaban J connectivity index is 1.78. The molecule has 1 aromatic carbocycles. The number of likely N-dealkylation sites (N-methyl/N-ethyl adjacent to an activating group) is 1. The van der Waals surface area contributed by atoms with Crippen LogP contribution in [0.2, 0.25) is 0 Å². The maximum Gasteiger partial charge on any atom is 0.256 e. The summed E-state index contributed by atoms with van der Waals surface area (Å²) in [6.45, 7) is 1.74. The van der Waals surface area contributed by atoms with Crippen LogP contribution in [0.5, 0.6) is 0 Å². The van der Waals surface area contributed by atoms with Crippen LogP contribution in [0.25, 0.3) is 0 Å². The molecule has 5 nitrogen and oxygen atoms in total. The zero-order valence-electron chi connectivity index (χ0n) is 11.1. The summed E-state index contributed by atoms with van der Waals surface area (Å²) in [5, 5.41) is 9.89. The van der Waals surface area contributed by atoms with Gasteiger partial charge in [-0.15, -0.1) is 0 Å². The molecular weight excluding hydrogens is 259 g/mol. The fourth-order valence-electron chi connectivity index (χ4n) is 2.34. The molecule has 3 rings (SSSR count). The first-order valence-corrected chi connectivity index (χ1v) is 6.45.